The van der Waals surface area contributed by atoms with Gasteiger partial charge in [0, 0.05) is 11.8 Å². The van der Waals surface area contributed by atoms with E-state index in [1.165, 1.54) is 10.4 Å². The minimum atomic E-state index is -2.74. The van der Waals surface area contributed by atoms with E-state index in [0.717, 1.165) is 11.0 Å². The third kappa shape index (κ3) is 5.24. The summed E-state index contributed by atoms with van der Waals surface area (Å²) in [6, 6.07) is 30.8. The van der Waals surface area contributed by atoms with Crippen LogP contribution in [0.3, 0.4) is 0 Å². The molecule has 5 rings (SSSR count). The third-order valence-electron chi connectivity index (χ3n) is 7.39. The lowest BCUT2D eigenvalue weighted by Crippen LogP contribution is -2.67. The van der Waals surface area contributed by atoms with E-state index in [-0.39, 0.29) is 17.2 Å². The van der Waals surface area contributed by atoms with Crippen LogP contribution in [0.15, 0.2) is 95.4 Å². The van der Waals surface area contributed by atoms with Crippen molar-refractivity contribution in [1.29, 1.82) is 0 Å². The first-order valence-electron chi connectivity index (χ1n) is 13.4. The Kier molecular flexibility index (Phi) is 7.37. The molecule has 0 aliphatic carbocycles. The topological polar surface area (TPSA) is 61.1 Å². The minimum absolute atomic E-state index is 0.145. The molecular formula is C32H38O5Si. The minimum Gasteiger partial charge on any atom is -0.458 e. The number of hydrogen-bond donors (Lipinski definition) is 1. The lowest BCUT2D eigenvalue weighted by atomic mass is 10.1. The molecule has 1 aliphatic heterocycles. The number of ether oxygens (including phenoxy) is 2. The largest absolute Gasteiger partial charge is 0.458 e. The maximum atomic E-state index is 11.1. The monoisotopic (exact) mass is 530 g/mol. The molecule has 1 aromatic heterocycles. The highest BCUT2D eigenvalue weighted by Crippen LogP contribution is 2.39. The highest BCUT2D eigenvalue weighted by Gasteiger charge is 2.52. The van der Waals surface area contributed by atoms with Crippen molar-refractivity contribution in [3.05, 3.63) is 96.8 Å². The summed E-state index contributed by atoms with van der Waals surface area (Å²) >= 11 is 0. The number of rotatable bonds is 8. The van der Waals surface area contributed by atoms with Gasteiger partial charge in [0.2, 0.25) is 0 Å². The van der Waals surface area contributed by atoms with Crippen LogP contribution in [0.5, 0.6) is 0 Å². The molecule has 0 saturated carbocycles. The van der Waals surface area contributed by atoms with Crippen LogP contribution in [0, 0.1) is 0 Å². The number of furan rings is 1. The van der Waals surface area contributed by atoms with Crippen molar-refractivity contribution < 1.29 is 23.4 Å². The molecule has 6 heteroatoms. The Morgan fingerprint density at radius 2 is 1.39 bits per heavy atom. The second kappa shape index (κ2) is 10.4. The lowest BCUT2D eigenvalue weighted by Gasteiger charge is -2.43. The van der Waals surface area contributed by atoms with E-state index >= 15 is 0 Å². The van der Waals surface area contributed by atoms with Gasteiger partial charge in [-0.3, -0.25) is 0 Å². The number of para-hydroxylation sites is 1. The molecule has 0 bridgehead atoms. The van der Waals surface area contributed by atoms with Gasteiger partial charge in [0.15, 0.2) is 5.79 Å². The Morgan fingerprint density at radius 1 is 0.842 bits per heavy atom. The van der Waals surface area contributed by atoms with Crippen LogP contribution in [0.4, 0.5) is 0 Å². The van der Waals surface area contributed by atoms with Crippen LogP contribution in [-0.4, -0.2) is 38.0 Å². The predicted molar refractivity (Wildman–Crippen MR) is 153 cm³/mol. The maximum absolute atomic E-state index is 11.1. The van der Waals surface area contributed by atoms with E-state index in [0.29, 0.717) is 18.8 Å². The lowest BCUT2D eigenvalue weighted by molar-refractivity contribution is -0.150. The van der Waals surface area contributed by atoms with Crippen molar-refractivity contribution in [2.45, 2.75) is 70.2 Å². The Labute approximate surface area is 226 Å². The van der Waals surface area contributed by atoms with Crippen LogP contribution in [-0.2, 0) is 13.9 Å². The summed E-state index contributed by atoms with van der Waals surface area (Å²) in [5.41, 5.74) is 0.761. The van der Waals surface area contributed by atoms with Gasteiger partial charge < -0.3 is 23.4 Å². The molecule has 1 fully saturated rings. The quantitative estimate of drug-likeness (QED) is 0.285. The Bertz CT molecular complexity index is 1270. The molecule has 0 radical (unpaired) electrons. The van der Waals surface area contributed by atoms with E-state index in [2.05, 4.69) is 69.3 Å². The van der Waals surface area contributed by atoms with Gasteiger partial charge in [0.1, 0.15) is 23.6 Å². The Hall–Kier alpha value is -2.74. The van der Waals surface area contributed by atoms with Gasteiger partial charge in [0.25, 0.3) is 8.32 Å². The van der Waals surface area contributed by atoms with Gasteiger partial charge in [-0.15, -0.1) is 0 Å². The van der Waals surface area contributed by atoms with Gasteiger partial charge >= 0.3 is 0 Å². The smallest absolute Gasteiger partial charge is 0.261 e. The van der Waals surface area contributed by atoms with Crippen molar-refractivity contribution in [2.75, 3.05) is 6.61 Å². The zero-order chi connectivity index (χ0) is 27.0. The fourth-order valence-electron chi connectivity index (χ4n) is 5.72. The molecule has 4 aromatic rings. The van der Waals surface area contributed by atoms with Crippen molar-refractivity contribution in [3.63, 3.8) is 0 Å². The Balaban J connectivity index is 1.43. The summed E-state index contributed by atoms with van der Waals surface area (Å²) in [4.78, 5) is 0. The van der Waals surface area contributed by atoms with Crippen molar-refractivity contribution in [3.8, 4) is 0 Å². The van der Waals surface area contributed by atoms with Crippen LogP contribution in [0.1, 0.15) is 52.9 Å². The molecule has 200 valence electrons. The summed E-state index contributed by atoms with van der Waals surface area (Å²) < 4.78 is 25.7. The number of hydrogen-bond acceptors (Lipinski definition) is 5. The zero-order valence-corrected chi connectivity index (χ0v) is 23.9. The number of aliphatic hydroxyl groups is 1. The predicted octanol–water partition coefficient (Wildman–Crippen LogP) is 5.95. The molecule has 0 amide bonds. The van der Waals surface area contributed by atoms with E-state index < -0.39 is 20.2 Å². The van der Waals surface area contributed by atoms with Crippen LogP contribution in [0.2, 0.25) is 5.04 Å². The third-order valence-corrected chi connectivity index (χ3v) is 12.4. The fourth-order valence-corrected chi connectivity index (χ4v) is 10.3. The van der Waals surface area contributed by atoms with Crippen molar-refractivity contribution in [1.82, 2.24) is 0 Å². The SMILES string of the molecule is CC1(C)O[C@@H](C[C@@H](O)c2cc3ccccc3o2)[C@@H](CO[Si](c2ccccc2)(c2ccccc2)C(C)(C)C)O1. The summed E-state index contributed by atoms with van der Waals surface area (Å²) in [6.07, 6.45) is -1.17. The van der Waals surface area contributed by atoms with E-state index in [1.54, 1.807) is 0 Å². The average molecular weight is 531 g/mol. The van der Waals surface area contributed by atoms with Gasteiger partial charge in [0.05, 0.1) is 12.7 Å². The van der Waals surface area contributed by atoms with E-state index in [4.69, 9.17) is 18.3 Å². The second-order valence-corrected chi connectivity index (χ2v) is 15.9. The summed E-state index contributed by atoms with van der Waals surface area (Å²) in [6.45, 7) is 11.0. The standard InChI is InChI=1S/C32H38O5Si/c1-31(2,3)38(24-15-8-6-9-16-24,25-17-10-7-11-18-25)34-22-30-29(36-32(4,5)37-30)21-26(33)28-20-23-14-12-13-19-27(23)35-28/h6-20,26,29-30,33H,21-22H2,1-5H3/t26-,29+,30-/m1/s1. The molecule has 38 heavy (non-hydrogen) atoms. The molecule has 1 saturated heterocycles. The summed E-state index contributed by atoms with van der Waals surface area (Å²) in [5.74, 6) is -0.247. The number of benzene rings is 3. The van der Waals surface area contributed by atoms with Crippen molar-refractivity contribution >= 4 is 29.7 Å². The van der Waals surface area contributed by atoms with Crippen LogP contribution < -0.4 is 10.4 Å². The second-order valence-electron chi connectivity index (χ2n) is 11.6. The van der Waals surface area contributed by atoms with Crippen LogP contribution >= 0.6 is 0 Å². The van der Waals surface area contributed by atoms with E-state index in [9.17, 15) is 5.11 Å². The molecule has 3 atom stereocenters. The van der Waals surface area contributed by atoms with E-state index in [1.807, 2.05) is 56.3 Å². The van der Waals surface area contributed by atoms with Gasteiger partial charge in [-0.25, -0.2) is 0 Å². The molecular weight excluding hydrogens is 492 g/mol. The fraction of sp³-hybridized carbons (Fsp3) is 0.375. The molecule has 0 spiro atoms. The molecule has 1 N–H and O–H groups in total. The summed E-state index contributed by atoms with van der Waals surface area (Å²) in [7, 11) is -2.74. The molecule has 0 unspecified atom stereocenters. The summed E-state index contributed by atoms with van der Waals surface area (Å²) in [5, 5.41) is 14.4. The van der Waals surface area contributed by atoms with Crippen molar-refractivity contribution in [2.24, 2.45) is 0 Å². The first kappa shape index (κ1) is 26.8. The van der Waals surface area contributed by atoms with Gasteiger partial charge in [-0.1, -0.05) is 99.6 Å². The highest BCUT2D eigenvalue weighted by atomic mass is 28.4. The number of aliphatic hydroxyl groups excluding tert-OH is 1. The first-order chi connectivity index (χ1) is 18.1. The Morgan fingerprint density at radius 3 is 1.97 bits per heavy atom. The maximum Gasteiger partial charge on any atom is 0.261 e. The van der Waals surface area contributed by atoms with Gasteiger partial charge in [-0.2, -0.15) is 0 Å². The van der Waals surface area contributed by atoms with Crippen LogP contribution in [0.25, 0.3) is 11.0 Å². The molecule has 2 heterocycles. The average Bonchev–Trinajstić information content (AvgIpc) is 3.45. The number of fused-ring (bicyclic) bond motifs is 1. The van der Waals surface area contributed by atoms with Gasteiger partial charge in [-0.05, 0) is 41.4 Å². The normalized spacial score (nSPS) is 20.6. The first-order valence-corrected chi connectivity index (χ1v) is 15.3. The molecule has 3 aromatic carbocycles. The highest BCUT2D eigenvalue weighted by molar-refractivity contribution is 6.99. The zero-order valence-electron chi connectivity index (χ0n) is 22.9. The molecule has 1 aliphatic rings. The molecule has 5 nitrogen and oxygen atoms in total.